The van der Waals surface area contributed by atoms with E-state index in [1.165, 1.54) is 19.4 Å². The largest absolute Gasteiger partial charge is 0.493 e. The molecule has 0 aromatic heterocycles. The average Bonchev–Trinajstić information content (AvgIpc) is 2.54. The second-order valence-corrected chi connectivity index (χ2v) is 5.16. The molecule has 124 valence electrons. The Kier molecular flexibility index (Phi) is 10.2. The number of allylic oxidation sites excluding steroid dienone is 1. The van der Waals surface area contributed by atoms with Crippen LogP contribution in [0.3, 0.4) is 0 Å². The van der Waals surface area contributed by atoms with Crippen molar-refractivity contribution >= 4 is 0 Å². The van der Waals surface area contributed by atoms with Crippen molar-refractivity contribution < 1.29 is 19.5 Å². The summed E-state index contributed by atoms with van der Waals surface area (Å²) in [5.41, 5.74) is 1.16. The van der Waals surface area contributed by atoms with E-state index in [1.54, 1.807) is 7.11 Å². The molecule has 0 aliphatic carbocycles. The molecule has 0 radical (unpaired) electrons. The number of benzene rings is 1. The molecule has 1 aromatic carbocycles. The average molecular weight is 308 g/mol. The molecule has 0 saturated carbocycles. The highest BCUT2D eigenvalue weighted by atomic mass is 16.5. The van der Waals surface area contributed by atoms with Gasteiger partial charge < -0.3 is 19.5 Å². The van der Waals surface area contributed by atoms with Gasteiger partial charge in [-0.1, -0.05) is 25.5 Å². The van der Waals surface area contributed by atoms with Gasteiger partial charge in [0.2, 0.25) is 0 Å². The summed E-state index contributed by atoms with van der Waals surface area (Å²) in [6.45, 7) is 10.0. The molecule has 1 rings (SSSR count). The lowest BCUT2D eigenvalue weighted by atomic mass is 10.1. The van der Waals surface area contributed by atoms with Crippen LogP contribution >= 0.6 is 0 Å². The van der Waals surface area contributed by atoms with Crippen LogP contribution in [-0.2, 0) is 11.2 Å². The van der Waals surface area contributed by atoms with E-state index in [-0.39, 0.29) is 0 Å². The Morgan fingerprint density at radius 1 is 1.14 bits per heavy atom. The molecule has 0 fully saturated rings. The monoisotopic (exact) mass is 308 g/mol. The zero-order chi connectivity index (χ0) is 16.0. The fourth-order valence-electron chi connectivity index (χ4n) is 2.10. The summed E-state index contributed by atoms with van der Waals surface area (Å²) < 4.78 is 16.6. The van der Waals surface area contributed by atoms with Crippen molar-refractivity contribution in [1.82, 2.24) is 0 Å². The highest BCUT2D eigenvalue weighted by Crippen LogP contribution is 2.28. The molecule has 0 saturated heterocycles. The number of rotatable bonds is 13. The second-order valence-electron chi connectivity index (χ2n) is 5.16. The van der Waals surface area contributed by atoms with Gasteiger partial charge >= 0.3 is 0 Å². The molecule has 4 nitrogen and oxygen atoms in total. The van der Waals surface area contributed by atoms with E-state index in [0.717, 1.165) is 36.6 Å². The van der Waals surface area contributed by atoms with Crippen molar-refractivity contribution in [2.24, 2.45) is 0 Å². The molecule has 0 heterocycles. The van der Waals surface area contributed by atoms with Gasteiger partial charge in [0.25, 0.3) is 0 Å². The van der Waals surface area contributed by atoms with E-state index in [0.29, 0.717) is 13.2 Å². The Bertz CT molecular complexity index is 421. The highest BCUT2D eigenvalue weighted by Gasteiger charge is 2.05. The zero-order valence-electron chi connectivity index (χ0n) is 14.0. The third-order valence-corrected chi connectivity index (χ3v) is 3.32. The smallest absolute Gasteiger partial charge is 0.161 e. The maximum absolute atomic E-state index is 5.72. The summed E-state index contributed by atoms with van der Waals surface area (Å²) in [6.07, 6.45) is 5.22. The molecule has 1 aromatic rings. The Hall–Kier alpha value is -1.52. The second kappa shape index (κ2) is 12.1. The lowest BCUT2D eigenvalue weighted by Crippen LogP contribution is -2.85. The summed E-state index contributed by atoms with van der Waals surface area (Å²) >= 11 is 0. The zero-order valence-corrected chi connectivity index (χ0v) is 14.0. The Morgan fingerprint density at radius 2 is 2.00 bits per heavy atom. The molecule has 0 bridgehead atoms. The number of ether oxygens (including phenoxy) is 3. The molecule has 0 amide bonds. The molecule has 22 heavy (non-hydrogen) atoms. The third kappa shape index (κ3) is 7.48. The van der Waals surface area contributed by atoms with Gasteiger partial charge in [-0.2, -0.15) is 0 Å². The SMILES string of the molecule is C=CCc1ccc(OCCOCC[NH2+]CCCC)c(OC)c1. The summed E-state index contributed by atoms with van der Waals surface area (Å²) in [6, 6.07) is 5.96. The van der Waals surface area contributed by atoms with Gasteiger partial charge in [-0.15, -0.1) is 6.58 Å². The van der Waals surface area contributed by atoms with E-state index in [4.69, 9.17) is 14.2 Å². The van der Waals surface area contributed by atoms with Gasteiger partial charge in [-0.3, -0.25) is 0 Å². The summed E-state index contributed by atoms with van der Waals surface area (Å²) in [5, 5.41) is 2.30. The minimum absolute atomic E-state index is 0.534. The van der Waals surface area contributed by atoms with Gasteiger partial charge in [0, 0.05) is 0 Å². The summed E-state index contributed by atoms with van der Waals surface area (Å²) in [5.74, 6) is 1.51. The standard InChI is InChI=1S/C18H29NO3/c1-4-6-10-19-11-12-21-13-14-22-17-9-8-16(7-5-2)15-18(17)20-3/h5,8-9,15,19H,2,4,6-7,10-14H2,1,3H3/p+1. The number of methoxy groups -OCH3 is 1. The van der Waals surface area contributed by atoms with Crippen molar-refractivity contribution in [1.29, 1.82) is 0 Å². The predicted molar refractivity (Wildman–Crippen MR) is 89.8 cm³/mol. The molecule has 0 aliphatic heterocycles. The quantitative estimate of drug-likeness (QED) is 0.449. The number of unbranched alkanes of at least 4 members (excludes halogenated alkanes) is 1. The van der Waals surface area contributed by atoms with Gasteiger partial charge in [-0.25, -0.2) is 0 Å². The van der Waals surface area contributed by atoms with Gasteiger partial charge in [0.1, 0.15) is 6.61 Å². The van der Waals surface area contributed by atoms with Gasteiger partial charge in [0.05, 0.1) is 33.4 Å². The fourth-order valence-corrected chi connectivity index (χ4v) is 2.10. The first-order chi connectivity index (χ1) is 10.8. The van der Waals surface area contributed by atoms with E-state index in [9.17, 15) is 0 Å². The molecule has 2 N–H and O–H groups in total. The van der Waals surface area contributed by atoms with Crippen LogP contribution in [0.1, 0.15) is 25.3 Å². The first kappa shape index (κ1) is 18.5. The van der Waals surface area contributed by atoms with E-state index in [1.807, 2.05) is 24.3 Å². The van der Waals surface area contributed by atoms with Gasteiger partial charge in [-0.05, 0) is 30.5 Å². The molecule has 4 heteroatoms. The van der Waals surface area contributed by atoms with Crippen LogP contribution in [0.25, 0.3) is 0 Å². The van der Waals surface area contributed by atoms with Crippen LogP contribution in [0.4, 0.5) is 0 Å². The minimum Gasteiger partial charge on any atom is -0.493 e. The topological polar surface area (TPSA) is 44.3 Å². The highest BCUT2D eigenvalue weighted by molar-refractivity contribution is 5.43. The van der Waals surface area contributed by atoms with Crippen LogP contribution in [0.2, 0.25) is 0 Å². The van der Waals surface area contributed by atoms with Crippen LogP contribution in [-0.4, -0.2) is 40.0 Å². The van der Waals surface area contributed by atoms with Crippen LogP contribution < -0.4 is 14.8 Å². The first-order valence-corrected chi connectivity index (χ1v) is 8.11. The third-order valence-electron chi connectivity index (χ3n) is 3.32. The van der Waals surface area contributed by atoms with Crippen LogP contribution in [0.15, 0.2) is 30.9 Å². The molecule has 0 atom stereocenters. The van der Waals surface area contributed by atoms with Crippen molar-refractivity contribution in [3.05, 3.63) is 36.4 Å². The molecular weight excluding hydrogens is 278 g/mol. The Labute approximate surface area is 134 Å². The molecule has 0 spiro atoms. The lowest BCUT2D eigenvalue weighted by molar-refractivity contribution is -0.656. The van der Waals surface area contributed by atoms with Crippen LogP contribution in [0.5, 0.6) is 11.5 Å². The van der Waals surface area contributed by atoms with E-state index < -0.39 is 0 Å². The first-order valence-electron chi connectivity index (χ1n) is 8.11. The molecule has 0 aliphatic rings. The maximum Gasteiger partial charge on any atom is 0.161 e. The summed E-state index contributed by atoms with van der Waals surface area (Å²) in [7, 11) is 1.66. The van der Waals surface area contributed by atoms with E-state index in [2.05, 4.69) is 18.8 Å². The van der Waals surface area contributed by atoms with Crippen LogP contribution in [0, 0.1) is 0 Å². The van der Waals surface area contributed by atoms with Gasteiger partial charge in [0.15, 0.2) is 11.5 Å². The number of hydrogen-bond donors (Lipinski definition) is 1. The number of quaternary nitrogens is 1. The molecule has 0 unspecified atom stereocenters. The van der Waals surface area contributed by atoms with Crippen molar-refractivity contribution in [2.45, 2.75) is 26.2 Å². The fraction of sp³-hybridized carbons (Fsp3) is 0.556. The predicted octanol–water partition coefficient (Wildman–Crippen LogP) is 2.18. The maximum atomic E-state index is 5.72. The van der Waals surface area contributed by atoms with Crippen molar-refractivity contribution in [3.63, 3.8) is 0 Å². The Balaban J connectivity index is 2.20. The number of hydrogen-bond acceptors (Lipinski definition) is 3. The Morgan fingerprint density at radius 3 is 2.73 bits per heavy atom. The summed E-state index contributed by atoms with van der Waals surface area (Å²) in [4.78, 5) is 0. The minimum atomic E-state index is 0.534. The van der Waals surface area contributed by atoms with E-state index >= 15 is 0 Å². The van der Waals surface area contributed by atoms with Crippen molar-refractivity contribution in [2.75, 3.05) is 40.0 Å². The molecular formula is C18H30NO3+. The van der Waals surface area contributed by atoms with Crippen molar-refractivity contribution in [3.8, 4) is 11.5 Å². The lowest BCUT2D eigenvalue weighted by Gasteiger charge is -2.12. The number of nitrogens with two attached hydrogens (primary N) is 1. The normalized spacial score (nSPS) is 10.5.